The van der Waals surface area contributed by atoms with E-state index in [0.29, 0.717) is 5.02 Å². The lowest BCUT2D eigenvalue weighted by Crippen LogP contribution is -2.07. The maximum Gasteiger partial charge on any atom is 0.131 e. The number of aryl methyl sites for hydroxylation is 4. The van der Waals surface area contributed by atoms with Crippen molar-refractivity contribution in [3.63, 3.8) is 0 Å². The zero-order chi connectivity index (χ0) is 20.0. The van der Waals surface area contributed by atoms with Crippen molar-refractivity contribution in [1.82, 2.24) is 24.1 Å². The molecule has 2 aromatic carbocycles. The fourth-order valence-electron chi connectivity index (χ4n) is 3.77. The average Bonchev–Trinajstić information content (AvgIpc) is 3.30. The molecule has 0 spiro atoms. The molecule has 0 unspecified atom stereocenters. The molecule has 0 saturated heterocycles. The fourth-order valence-corrected chi connectivity index (χ4v) is 3.99. The van der Waals surface area contributed by atoms with Gasteiger partial charge in [0.05, 0.1) is 27.4 Å². The molecule has 0 saturated carbocycles. The Morgan fingerprint density at radius 1 is 0.931 bits per heavy atom. The summed E-state index contributed by atoms with van der Waals surface area (Å²) in [6.07, 6.45) is 3.56. The minimum Gasteiger partial charge on any atom is -0.337 e. The lowest BCUT2D eigenvalue weighted by molar-refractivity contribution is 0.721. The summed E-state index contributed by atoms with van der Waals surface area (Å²) in [5.74, 6) is 1.90. The highest BCUT2D eigenvalue weighted by Crippen LogP contribution is 2.27. The Kier molecular flexibility index (Phi) is 4.32. The predicted molar refractivity (Wildman–Crippen MR) is 116 cm³/mol. The van der Waals surface area contributed by atoms with Gasteiger partial charge in [0, 0.05) is 37.0 Å². The van der Waals surface area contributed by atoms with Crippen LogP contribution < -0.4 is 0 Å². The topological polar surface area (TPSA) is 48.0 Å². The first-order valence-corrected chi connectivity index (χ1v) is 9.99. The standard InChI is InChI=1S/C23H20ClN5/c1-15-13-20-17-9-6-10-18(24)23(17)26-22(29(20)27-15)12-11-21-25-19(14-28(21)2)16-7-4-3-5-8-16/h3-10,13-14H,11-12H2,1-2H3. The summed E-state index contributed by atoms with van der Waals surface area (Å²) < 4.78 is 4.02. The van der Waals surface area contributed by atoms with E-state index in [0.717, 1.165) is 57.9 Å². The molecule has 0 fully saturated rings. The number of hydrogen-bond donors (Lipinski definition) is 0. The van der Waals surface area contributed by atoms with Crippen molar-refractivity contribution in [2.75, 3.05) is 0 Å². The van der Waals surface area contributed by atoms with E-state index >= 15 is 0 Å². The molecule has 5 nitrogen and oxygen atoms in total. The van der Waals surface area contributed by atoms with Gasteiger partial charge < -0.3 is 4.57 Å². The first kappa shape index (κ1) is 17.9. The molecule has 0 aliphatic heterocycles. The molecule has 3 heterocycles. The Balaban J connectivity index is 1.52. The van der Waals surface area contributed by atoms with Crippen molar-refractivity contribution < 1.29 is 0 Å². The molecular formula is C23H20ClN5. The van der Waals surface area contributed by atoms with Crippen LogP contribution in [0.5, 0.6) is 0 Å². The number of fused-ring (bicyclic) bond motifs is 3. The summed E-state index contributed by atoms with van der Waals surface area (Å²) in [7, 11) is 2.03. The van der Waals surface area contributed by atoms with E-state index in [9.17, 15) is 0 Å². The molecule has 0 bridgehead atoms. The summed E-state index contributed by atoms with van der Waals surface area (Å²) >= 11 is 6.44. The number of nitrogens with zero attached hydrogens (tertiary/aromatic N) is 5. The van der Waals surface area contributed by atoms with Gasteiger partial charge in [-0.1, -0.05) is 54.1 Å². The predicted octanol–water partition coefficient (Wildman–Crippen LogP) is 5.03. The number of benzene rings is 2. The third kappa shape index (κ3) is 3.17. The molecule has 0 aliphatic carbocycles. The van der Waals surface area contributed by atoms with Gasteiger partial charge in [-0.15, -0.1) is 0 Å². The van der Waals surface area contributed by atoms with Gasteiger partial charge in [0.15, 0.2) is 0 Å². The number of rotatable bonds is 4. The highest BCUT2D eigenvalue weighted by molar-refractivity contribution is 6.35. The summed E-state index contributed by atoms with van der Waals surface area (Å²) in [5.41, 5.74) is 4.92. The molecule has 0 amide bonds. The van der Waals surface area contributed by atoms with Crippen LogP contribution in [0.25, 0.3) is 27.7 Å². The number of imidazole rings is 1. The smallest absolute Gasteiger partial charge is 0.131 e. The Hall–Kier alpha value is -3.18. The second-order valence-electron chi connectivity index (χ2n) is 7.27. The Morgan fingerprint density at radius 3 is 2.55 bits per heavy atom. The quantitative estimate of drug-likeness (QED) is 0.424. The van der Waals surface area contributed by atoms with Crippen molar-refractivity contribution in [1.29, 1.82) is 0 Å². The molecule has 5 rings (SSSR count). The highest BCUT2D eigenvalue weighted by Gasteiger charge is 2.14. The van der Waals surface area contributed by atoms with Crippen molar-refractivity contribution in [2.24, 2.45) is 7.05 Å². The normalized spacial score (nSPS) is 11.6. The maximum atomic E-state index is 6.44. The minimum absolute atomic E-state index is 0.661. The summed E-state index contributed by atoms with van der Waals surface area (Å²) in [6.45, 7) is 2.00. The lowest BCUT2D eigenvalue weighted by Gasteiger charge is -2.08. The van der Waals surface area contributed by atoms with Crippen LogP contribution in [0.2, 0.25) is 5.02 Å². The number of halogens is 1. The molecule has 29 heavy (non-hydrogen) atoms. The molecule has 5 aromatic rings. The van der Waals surface area contributed by atoms with E-state index in [1.54, 1.807) is 0 Å². The van der Waals surface area contributed by atoms with E-state index < -0.39 is 0 Å². The minimum atomic E-state index is 0.661. The van der Waals surface area contributed by atoms with Gasteiger partial charge in [-0.25, -0.2) is 14.5 Å². The van der Waals surface area contributed by atoms with E-state index in [1.807, 2.05) is 54.9 Å². The second-order valence-corrected chi connectivity index (χ2v) is 7.67. The van der Waals surface area contributed by atoms with Gasteiger partial charge in [0.1, 0.15) is 11.6 Å². The third-order valence-corrected chi connectivity index (χ3v) is 5.50. The monoisotopic (exact) mass is 401 g/mol. The van der Waals surface area contributed by atoms with E-state index in [1.165, 1.54) is 0 Å². The van der Waals surface area contributed by atoms with Gasteiger partial charge in [-0.05, 0) is 19.1 Å². The zero-order valence-corrected chi connectivity index (χ0v) is 17.1. The van der Waals surface area contributed by atoms with Crippen LogP contribution in [0.3, 0.4) is 0 Å². The lowest BCUT2D eigenvalue weighted by atomic mass is 10.2. The highest BCUT2D eigenvalue weighted by atomic mass is 35.5. The molecule has 0 atom stereocenters. The molecule has 144 valence electrons. The van der Waals surface area contributed by atoms with Gasteiger partial charge in [-0.2, -0.15) is 5.10 Å². The molecule has 3 aromatic heterocycles. The second kappa shape index (κ2) is 7.01. The molecule has 0 radical (unpaired) electrons. The Labute approximate surface area is 173 Å². The third-order valence-electron chi connectivity index (χ3n) is 5.19. The van der Waals surface area contributed by atoms with Gasteiger partial charge in [-0.3, -0.25) is 0 Å². The zero-order valence-electron chi connectivity index (χ0n) is 16.3. The van der Waals surface area contributed by atoms with Crippen LogP contribution in [0, 0.1) is 6.92 Å². The first-order valence-electron chi connectivity index (χ1n) is 9.61. The van der Waals surface area contributed by atoms with Crippen LogP contribution in [0.1, 0.15) is 17.3 Å². The average molecular weight is 402 g/mol. The SMILES string of the molecule is Cc1cc2c3cccc(Cl)c3nc(CCc3nc(-c4ccccc4)cn3C)n2n1. The van der Waals surface area contributed by atoms with E-state index in [4.69, 9.17) is 21.6 Å². The Bertz CT molecular complexity index is 1330. The van der Waals surface area contributed by atoms with Crippen molar-refractivity contribution >= 4 is 28.0 Å². The molecule has 6 heteroatoms. The number of para-hydroxylation sites is 1. The van der Waals surface area contributed by atoms with Crippen LogP contribution in [-0.4, -0.2) is 24.1 Å². The fraction of sp³-hybridized carbons (Fsp3) is 0.174. The number of aromatic nitrogens is 5. The maximum absolute atomic E-state index is 6.44. The van der Waals surface area contributed by atoms with Gasteiger partial charge in [0.25, 0.3) is 0 Å². The largest absolute Gasteiger partial charge is 0.337 e. The van der Waals surface area contributed by atoms with Crippen molar-refractivity contribution in [3.8, 4) is 11.3 Å². The molecule has 0 aliphatic rings. The van der Waals surface area contributed by atoms with Crippen LogP contribution in [0.4, 0.5) is 0 Å². The Morgan fingerprint density at radius 2 is 1.72 bits per heavy atom. The molecular weight excluding hydrogens is 382 g/mol. The van der Waals surface area contributed by atoms with Crippen molar-refractivity contribution in [3.05, 3.63) is 83.2 Å². The van der Waals surface area contributed by atoms with Crippen molar-refractivity contribution in [2.45, 2.75) is 19.8 Å². The molecule has 0 N–H and O–H groups in total. The van der Waals surface area contributed by atoms with Crippen LogP contribution >= 0.6 is 11.6 Å². The summed E-state index contributed by atoms with van der Waals surface area (Å²) in [5, 5.41) is 6.34. The van der Waals surface area contributed by atoms with Crippen LogP contribution in [-0.2, 0) is 19.9 Å². The van der Waals surface area contributed by atoms with Gasteiger partial charge in [0.2, 0.25) is 0 Å². The van der Waals surface area contributed by atoms with Crippen LogP contribution in [0.15, 0.2) is 60.8 Å². The van der Waals surface area contributed by atoms with E-state index in [-0.39, 0.29) is 0 Å². The summed E-state index contributed by atoms with van der Waals surface area (Å²) in [4.78, 5) is 9.70. The summed E-state index contributed by atoms with van der Waals surface area (Å²) in [6, 6.07) is 18.2. The number of hydrogen-bond acceptors (Lipinski definition) is 3. The first-order chi connectivity index (χ1) is 14.1. The van der Waals surface area contributed by atoms with Gasteiger partial charge >= 0.3 is 0 Å². The van der Waals surface area contributed by atoms with E-state index in [2.05, 4.69) is 34.1 Å².